The van der Waals surface area contributed by atoms with E-state index in [2.05, 4.69) is 20.8 Å². The van der Waals surface area contributed by atoms with E-state index in [1.54, 1.807) is 0 Å². The van der Waals surface area contributed by atoms with Gasteiger partial charge in [-0.15, -0.1) is 11.3 Å². The molecular formula is C25H21F3N4O2S. The molecule has 180 valence electrons. The number of anilines is 2. The van der Waals surface area contributed by atoms with Crippen LogP contribution in [0.5, 0.6) is 0 Å². The Morgan fingerprint density at radius 3 is 2.63 bits per heavy atom. The van der Waals surface area contributed by atoms with Crippen LogP contribution >= 0.6 is 11.3 Å². The minimum absolute atomic E-state index is 0.0103. The molecule has 0 atom stereocenters. The third-order valence-corrected chi connectivity index (χ3v) is 6.99. The molecule has 1 saturated carbocycles. The Balaban J connectivity index is 1.27. The fourth-order valence-electron chi connectivity index (χ4n) is 3.83. The number of carbonyl (C=O) groups is 2. The lowest BCUT2D eigenvalue weighted by Gasteiger charge is -2.12. The fraction of sp³-hybridized carbons (Fsp3) is 0.240. The molecule has 6 nitrogen and oxygen atoms in total. The third kappa shape index (κ3) is 5.07. The maximum absolute atomic E-state index is 13.1. The molecule has 2 heterocycles. The van der Waals surface area contributed by atoms with Gasteiger partial charge in [-0.3, -0.25) is 14.7 Å². The van der Waals surface area contributed by atoms with E-state index in [-0.39, 0.29) is 29.5 Å². The van der Waals surface area contributed by atoms with Crippen LogP contribution in [-0.4, -0.2) is 22.0 Å². The van der Waals surface area contributed by atoms with Crippen LogP contribution in [0.2, 0.25) is 0 Å². The van der Waals surface area contributed by atoms with Gasteiger partial charge in [0, 0.05) is 26.7 Å². The second kappa shape index (κ2) is 8.84. The van der Waals surface area contributed by atoms with Crippen LogP contribution in [-0.2, 0) is 22.2 Å². The Bertz CT molecular complexity index is 1440. The molecule has 2 aromatic heterocycles. The maximum atomic E-state index is 13.1. The summed E-state index contributed by atoms with van der Waals surface area (Å²) in [4.78, 5) is 26.2. The van der Waals surface area contributed by atoms with E-state index in [0.29, 0.717) is 5.82 Å². The van der Waals surface area contributed by atoms with Gasteiger partial charge in [0.05, 0.1) is 17.5 Å². The number of H-pyrrole nitrogens is 1. The Hall–Kier alpha value is -3.66. The molecule has 4 aromatic rings. The minimum Gasteiger partial charge on any atom is -0.326 e. The van der Waals surface area contributed by atoms with Crippen molar-refractivity contribution in [3.8, 4) is 10.4 Å². The van der Waals surface area contributed by atoms with E-state index in [4.69, 9.17) is 0 Å². The number of alkyl halides is 3. The molecule has 0 unspecified atom stereocenters. The number of halogens is 3. The standard InChI is InChI=1S/C25H21F3N4O2S/c1-13-2-6-16(11-19(13)25(26,27)28)29-22(33)12-17-7-9-21(35-17)15-5-8-18-20(10-15)31-32-23(18)30-24(34)14-3-4-14/h2,5-11,14H,3-4,12H2,1H3,(H,29,33)(H2,30,31,32,34). The van der Waals surface area contributed by atoms with Crippen LogP contribution in [0.1, 0.15) is 28.8 Å². The van der Waals surface area contributed by atoms with E-state index in [0.717, 1.165) is 45.1 Å². The summed E-state index contributed by atoms with van der Waals surface area (Å²) in [6.45, 7) is 1.38. The summed E-state index contributed by atoms with van der Waals surface area (Å²) < 4.78 is 39.4. The number of carbonyl (C=O) groups excluding carboxylic acids is 2. The summed E-state index contributed by atoms with van der Waals surface area (Å²) in [5.41, 5.74) is 1.15. The van der Waals surface area contributed by atoms with E-state index in [1.807, 2.05) is 30.3 Å². The normalized spacial score (nSPS) is 13.7. The number of nitrogens with zero attached hydrogens (tertiary/aromatic N) is 1. The van der Waals surface area contributed by atoms with Gasteiger partial charge in [0.1, 0.15) is 0 Å². The van der Waals surface area contributed by atoms with Gasteiger partial charge in [-0.05, 0) is 67.3 Å². The van der Waals surface area contributed by atoms with Gasteiger partial charge in [0.15, 0.2) is 5.82 Å². The molecule has 0 bridgehead atoms. The van der Waals surface area contributed by atoms with Gasteiger partial charge >= 0.3 is 6.18 Å². The van der Waals surface area contributed by atoms with Gasteiger partial charge in [0.2, 0.25) is 11.8 Å². The van der Waals surface area contributed by atoms with Crippen LogP contribution in [0.4, 0.5) is 24.7 Å². The van der Waals surface area contributed by atoms with Gasteiger partial charge in [-0.25, -0.2) is 0 Å². The molecule has 0 saturated heterocycles. The smallest absolute Gasteiger partial charge is 0.326 e. The number of aromatic nitrogens is 2. The van der Waals surface area contributed by atoms with Crippen LogP contribution < -0.4 is 10.6 Å². The molecule has 2 aromatic carbocycles. The van der Waals surface area contributed by atoms with E-state index in [1.165, 1.54) is 30.4 Å². The van der Waals surface area contributed by atoms with Crippen molar-refractivity contribution < 1.29 is 22.8 Å². The van der Waals surface area contributed by atoms with Gasteiger partial charge in [-0.2, -0.15) is 18.3 Å². The number of rotatable bonds is 6. The number of nitrogens with one attached hydrogen (secondary N) is 3. The first-order valence-corrected chi connectivity index (χ1v) is 11.8. The van der Waals surface area contributed by atoms with E-state index >= 15 is 0 Å². The molecule has 1 fully saturated rings. The molecule has 2 amide bonds. The first-order chi connectivity index (χ1) is 16.7. The summed E-state index contributed by atoms with van der Waals surface area (Å²) in [7, 11) is 0. The van der Waals surface area contributed by atoms with E-state index < -0.39 is 17.6 Å². The number of hydrogen-bond acceptors (Lipinski definition) is 4. The van der Waals surface area contributed by atoms with Crippen LogP contribution in [0.3, 0.4) is 0 Å². The SMILES string of the molecule is Cc1ccc(NC(=O)Cc2ccc(-c3ccc4c(NC(=O)C5CC5)n[nH]c4c3)s2)cc1C(F)(F)F. The summed E-state index contributed by atoms with van der Waals surface area (Å²) >= 11 is 1.43. The first kappa shape index (κ1) is 23.1. The highest BCUT2D eigenvalue weighted by molar-refractivity contribution is 7.15. The lowest BCUT2D eigenvalue weighted by molar-refractivity contribution is -0.138. The highest BCUT2D eigenvalue weighted by atomic mass is 32.1. The molecule has 35 heavy (non-hydrogen) atoms. The van der Waals surface area contributed by atoms with Gasteiger partial charge < -0.3 is 10.6 Å². The van der Waals surface area contributed by atoms with Crippen molar-refractivity contribution in [2.75, 3.05) is 10.6 Å². The number of hydrogen-bond donors (Lipinski definition) is 3. The zero-order valence-corrected chi connectivity index (χ0v) is 19.4. The Morgan fingerprint density at radius 1 is 1.09 bits per heavy atom. The molecule has 1 aliphatic carbocycles. The second-order valence-corrected chi connectivity index (χ2v) is 9.78. The number of amides is 2. The minimum atomic E-state index is -4.48. The van der Waals surface area contributed by atoms with Crippen molar-refractivity contribution in [1.82, 2.24) is 10.2 Å². The number of aromatic amines is 1. The van der Waals surface area contributed by atoms with Crippen molar-refractivity contribution >= 4 is 45.6 Å². The maximum Gasteiger partial charge on any atom is 0.416 e. The van der Waals surface area contributed by atoms with Gasteiger partial charge in [-0.1, -0.05) is 12.1 Å². The lowest BCUT2D eigenvalue weighted by atomic mass is 10.1. The summed E-state index contributed by atoms with van der Waals surface area (Å²) in [5.74, 6) is 0.191. The molecule has 10 heteroatoms. The average molecular weight is 499 g/mol. The highest BCUT2D eigenvalue weighted by Crippen LogP contribution is 2.35. The van der Waals surface area contributed by atoms with Gasteiger partial charge in [0.25, 0.3) is 0 Å². The summed E-state index contributed by atoms with van der Waals surface area (Å²) in [5, 5.41) is 13.4. The zero-order chi connectivity index (χ0) is 24.7. The molecule has 0 spiro atoms. The van der Waals surface area contributed by atoms with Crippen molar-refractivity contribution in [3.63, 3.8) is 0 Å². The van der Waals surface area contributed by atoms with Crippen LogP contribution in [0.25, 0.3) is 21.3 Å². The number of fused-ring (bicyclic) bond motifs is 1. The third-order valence-electron chi connectivity index (χ3n) is 5.86. The lowest BCUT2D eigenvalue weighted by Crippen LogP contribution is -2.15. The predicted molar refractivity (Wildman–Crippen MR) is 129 cm³/mol. The Kier molecular flexibility index (Phi) is 5.84. The van der Waals surface area contributed by atoms with Crippen molar-refractivity contribution in [1.29, 1.82) is 0 Å². The second-order valence-electron chi connectivity index (χ2n) is 8.61. The topological polar surface area (TPSA) is 86.9 Å². The van der Waals surface area contributed by atoms with Crippen LogP contribution in [0.15, 0.2) is 48.5 Å². The Morgan fingerprint density at radius 2 is 1.89 bits per heavy atom. The molecule has 5 rings (SSSR count). The number of benzene rings is 2. The van der Waals surface area contributed by atoms with Crippen molar-refractivity contribution in [2.24, 2.45) is 5.92 Å². The fourth-order valence-corrected chi connectivity index (χ4v) is 4.83. The Labute approximate surface area is 202 Å². The summed E-state index contributed by atoms with van der Waals surface area (Å²) in [6, 6.07) is 13.2. The number of aryl methyl sites for hydroxylation is 1. The molecule has 0 radical (unpaired) electrons. The summed E-state index contributed by atoms with van der Waals surface area (Å²) in [6.07, 6.45) is -2.61. The average Bonchev–Trinajstić information content (AvgIpc) is 3.44. The first-order valence-electron chi connectivity index (χ1n) is 11.0. The largest absolute Gasteiger partial charge is 0.416 e. The zero-order valence-electron chi connectivity index (χ0n) is 18.6. The molecule has 3 N–H and O–H groups in total. The quantitative estimate of drug-likeness (QED) is 0.298. The predicted octanol–water partition coefficient (Wildman–Crippen LogP) is 6.15. The van der Waals surface area contributed by atoms with Crippen molar-refractivity contribution in [2.45, 2.75) is 32.4 Å². The molecule has 1 aliphatic rings. The van der Waals surface area contributed by atoms with Crippen molar-refractivity contribution in [3.05, 3.63) is 64.5 Å². The van der Waals surface area contributed by atoms with E-state index in [9.17, 15) is 22.8 Å². The number of thiophene rings is 1. The highest BCUT2D eigenvalue weighted by Gasteiger charge is 2.32. The monoisotopic (exact) mass is 498 g/mol. The molecule has 0 aliphatic heterocycles. The van der Waals surface area contributed by atoms with Crippen LogP contribution in [0, 0.1) is 12.8 Å². The molecular weight excluding hydrogens is 477 g/mol.